The first-order valence-corrected chi connectivity index (χ1v) is 7.34. The highest BCUT2D eigenvalue weighted by atomic mass is 79.9. The van der Waals surface area contributed by atoms with Crippen molar-refractivity contribution in [2.45, 2.75) is 12.8 Å². The Hall–Kier alpha value is -1.05. The van der Waals surface area contributed by atoms with Crippen LogP contribution in [0.25, 0.3) is 0 Å². The lowest BCUT2D eigenvalue weighted by atomic mass is 10.1. The van der Waals surface area contributed by atoms with Crippen LogP contribution in [-0.4, -0.2) is 5.11 Å². The van der Waals surface area contributed by atoms with E-state index in [1.54, 1.807) is 18.2 Å². The summed E-state index contributed by atoms with van der Waals surface area (Å²) in [5.41, 5.74) is -0.756. The smallest absolute Gasteiger partial charge is 0.419 e. The topological polar surface area (TPSA) is 29.5 Å². The molecule has 7 heteroatoms. The van der Waals surface area contributed by atoms with E-state index in [2.05, 4.69) is 31.9 Å². The molecule has 0 aliphatic heterocycles. The van der Waals surface area contributed by atoms with E-state index in [0.29, 0.717) is 4.47 Å². The predicted octanol–water partition coefficient (Wildman–Crippen LogP) is 5.52. The maximum absolute atomic E-state index is 13.1. The third kappa shape index (κ3) is 3.99. The van der Waals surface area contributed by atoms with Gasteiger partial charge in [-0.2, -0.15) is 13.2 Å². The van der Waals surface area contributed by atoms with Crippen LogP contribution in [-0.2, 0) is 12.8 Å². The van der Waals surface area contributed by atoms with Crippen molar-refractivity contribution in [1.82, 2.24) is 0 Å². The second kappa shape index (κ2) is 6.37. The third-order valence-corrected chi connectivity index (χ3v) is 3.76. The summed E-state index contributed by atoms with van der Waals surface area (Å²) in [6.45, 7) is -0.467. The van der Waals surface area contributed by atoms with Crippen molar-refractivity contribution >= 4 is 31.9 Å². The summed E-state index contributed by atoms with van der Waals surface area (Å²) in [6, 6.07) is 8.34. The molecule has 2 aromatic carbocycles. The average molecular weight is 426 g/mol. The highest BCUT2D eigenvalue weighted by Crippen LogP contribution is 2.40. The molecular weight excluding hydrogens is 417 g/mol. The number of halogens is 5. The number of aliphatic hydroxyl groups excluding tert-OH is 1. The molecule has 0 aliphatic rings. The first-order valence-electron chi connectivity index (χ1n) is 5.75. The zero-order valence-electron chi connectivity index (χ0n) is 10.4. The van der Waals surface area contributed by atoms with E-state index >= 15 is 0 Å². The Morgan fingerprint density at radius 1 is 1.00 bits per heavy atom. The van der Waals surface area contributed by atoms with Gasteiger partial charge in [0.25, 0.3) is 0 Å². The minimum atomic E-state index is -4.57. The van der Waals surface area contributed by atoms with E-state index in [-0.39, 0.29) is 17.1 Å². The van der Waals surface area contributed by atoms with Crippen molar-refractivity contribution in [1.29, 1.82) is 0 Å². The maximum atomic E-state index is 13.1. The Morgan fingerprint density at radius 3 is 2.24 bits per heavy atom. The van der Waals surface area contributed by atoms with Gasteiger partial charge in [0, 0.05) is 4.47 Å². The molecule has 0 fully saturated rings. The zero-order valence-corrected chi connectivity index (χ0v) is 13.6. The average Bonchev–Trinajstić information content (AvgIpc) is 2.41. The molecule has 0 unspecified atom stereocenters. The molecule has 1 N–H and O–H groups in total. The van der Waals surface area contributed by atoms with E-state index in [1.807, 2.05) is 0 Å². The Kier molecular flexibility index (Phi) is 4.95. The number of hydrogen-bond acceptors (Lipinski definition) is 2. The van der Waals surface area contributed by atoms with Gasteiger partial charge in [0.2, 0.25) is 0 Å². The van der Waals surface area contributed by atoms with Crippen LogP contribution in [0.4, 0.5) is 13.2 Å². The minimum absolute atomic E-state index is 0.171. The normalized spacial score (nSPS) is 11.5. The van der Waals surface area contributed by atoms with Crippen LogP contribution < -0.4 is 4.74 Å². The molecule has 2 aromatic rings. The molecule has 2 nitrogen and oxygen atoms in total. The first kappa shape index (κ1) is 16.3. The first-order chi connectivity index (χ1) is 9.81. The summed E-state index contributed by atoms with van der Waals surface area (Å²) < 4.78 is 45.8. The molecule has 21 heavy (non-hydrogen) atoms. The number of hydrogen-bond donors (Lipinski definition) is 1. The second-order valence-corrected chi connectivity index (χ2v) is 5.93. The van der Waals surface area contributed by atoms with E-state index in [4.69, 9.17) is 9.84 Å². The van der Waals surface area contributed by atoms with Crippen molar-refractivity contribution in [3.8, 4) is 11.5 Å². The fraction of sp³-hybridized carbons (Fsp3) is 0.143. The molecule has 0 saturated heterocycles. The Morgan fingerprint density at radius 2 is 1.67 bits per heavy atom. The number of benzene rings is 2. The Bertz CT molecular complexity index is 657. The summed E-state index contributed by atoms with van der Waals surface area (Å²) in [5.74, 6) is -0.0526. The molecule has 0 amide bonds. The van der Waals surface area contributed by atoms with E-state index < -0.39 is 18.3 Å². The van der Waals surface area contributed by atoms with E-state index in [1.165, 1.54) is 12.1 Å². The standard InChI is InChI=1S/C14H9Br2F3O2/c15-9-2-4-13(11(16)6-9)21-12-3-1-8(7-20)5-10(12)14(17,18)19/h1-6,20H,7H2. The van der Waals surface area contributed by atoms with Gasteiger partial charge in [0.05, 0.1) is 16.6 Å². The molecule has 112 valence electrons. The zero-order chi connectivity index (χ0) is 15.6. The number of alkyl halides is 3. The molecule has 0 heterocycles. The van der Waals surface area contributed by atoms with Crippen LogP contribution in [0.2, 0.25) is 0 Å². The minimum Gasteiger partial charge on any atom is -0.456 e. The van der Waals surface area contributed by atoms with Crippen molar-refractivity contribution in [2.24, 2.45) is 0 Å². The molecule has 0 aromatic heterocycles. The fourth-order valence-corrected chi connectivity index (χ4v) is 2.79. The molecule has 0 bridgehead atoms. The van der Waals surface area contributed by atoms with Gasteiger partial charge in [0.1, 0.15) is 11.5 Å². The van der Waals surface area contributed by atoms with Crippen molar-refractivity contribution in [3.05, 3.63) is 56.5 Å². The molecule has 0 spiro atoms. The molecule has 0 saturated carbocycles. The van der Waals surface area contributed by atoms with Crippen LogP contribution in [0.15, 0.2) is 45.3 Å². The van der Waals surface area contributed by atoms with Crippen LogP contribution in [0.1, 0.15) is 11.1 Å². The van der Waals surface area contributed by atoms with Crippen LogP contribution in [0.5, 0.6) is 11.5 Å². The third-order valence-electron chi connectivity index (χ3n) is 2.65. The Balaban J connectivity index is 2.44. The highest BCUT2D eigenvalue weighted by Gasteiger charge is 2.35. The summed E-state index contributed by atoms with van der Waals surface area (Å²) in [7, 11) is 0. The van der Waals surface area contributed by atoms with Gasteiger partial charge >= 0.3 is 6.18 Å². The van der Waals surface area contributed by atoms with Gasteiger partial charge < -0.3 is 9.84 Å². The van der Waals surface area contributed by atoms with E-state index in [0.717, 1.165) is 10.5 Å². The number of aliphatic hydroxyl groups is 1. The SMILES string of the molecule is OCc1ccc(Oc2ccc(Br)cc2Br)c(C(F)(F)F)c1. The molecular formula is C14H9Br2F3O2. The monoisotopic (exact) mass is 424 g/mol. The lowest BCUT2D eigenvalue weighted by Crippen LogP contribution is -2.08. The molecule has 0 atom stereocenters. The van der Waals surface area contributed by atoms with Gasteiger partial charge in [-0.15, -0.1) is 0 Å². The number of ether oxygens (including phenoxy) is 1. The van der Waals surface area contributed by atoms with Crippen LogP contribution >= 0.6 is 31.9 Å². The molecule has 0 aliphatic carbocycles. The van der Waals surface area contributed by atoms with Gasteiger partial charge in [-0.25, -0.2) is 0 Å². The van der Waals surface area contributed by atoms with Gasteiger partial charge in [-0.05, 0) is 51.8 Å². The van der Waals surface area contributed by atoms with Gasteiger partial charge in [0.15, 0.2) is 0 Å². The van der Waals surface area contributed by atoms with Crippen molar-refractivity contribution in [3.63, 3.8) is 0 Å². The van der Waals surface area contributed by atoms with Crippen LogP contribution in [0, 0.1) is 0 Å². The largest absolute Gasteiger partial charge is 0.456 e. The summed E-state index contributed by atoms with van der Waals surface area (Å²) in [6.07, 6.45) is -4.57. The quantitative estimate of drug-likeness (QED) is 0.702. The maximum Gasteiger partial charge on any atom is 0.419 e. The predicted molar refractivity (Wildman–Crippen MR) is 79.3 cm³/mol. The molecule has 2 rings (SSSR count). The lowest BCUT2D eigenvalue weighted by Gasteiger charge is -2.15. The molecule has 0 radical (unpaired) electrons. The van der Waals surface area contributed by atoms with Gasteiger partial charge in [-0.1, -0.05) is 22.0 Å². The Labute approximate surface area is 135 Å². The lowest BCUT2D eigenvalue weighted by molar-refractivity contribution is -0.138. The second-order valence-electron chi connectivity index (χ2n) is 4.16. The summed E-state index contributed by atoms with van der Waals surface area (Å²) >= 11 is 6.48. The van der Waals surface area contributed by atoms with E-state index in [9.17, 15) is 13.2 Å². The number of rotatable bonds is 3. The summed E-state index contributed by atoms with van der Waals surface area (Å²) in [4.78, 5) is 0. The fourth-order valence-electron chi connectivity index (χ4n) is 1.66. The van der Waals surface area contributed by atoms with Crippen molar-refractivity contribution in [2.75, 3.05) is 0 Å². The van der Waals surface area contributed by atoms with Crippen molar-refractivity contribution < 1.29 is 23.0 Å². The van der Waals surface area contributed by atoms with Gasteiger partial charge in [-0.3, -0.25) is 0 Å². The summed E-state index contributed by atoms with van der Waals surface area (Å²) in [5, 5.41) is 8.96. The highest BCUT2D eigenvalue weighted by molar-refractivity contribution is 9.11. The van der Waals surface area contributed by atoms with Crippen LogP contribution in [0.3, 0.4) is 0 Å².